The standard InChI is InChI=1S/C9H7ClF2/c10-6-2-4-7-3-1-5-8(11)9(7)12/h1-5H,6H2. The molecule has 0 saturated heterocycles. The van der Waals surface area contributed by atoms with E-state index in [0.717, 1.165) is 6.07 Å². The monoisotopic (exact) mass is 188 g/mol. The maximum absolute atomic E-state index is 12.9. The van der Waals surface area contributed by atoms with Crippen molar-refractivity contribution in [1.29, 1.82) is 0 Å². The number of benzene rings is 1. The van der Waals surface area contributed by atoms with Crippen molar-refractivity contribution in [3.8, 4) is 0 Å². The fourth-order valence-electron chi connectivity index (χ4n) is 0.821. The van der Waals surface area contributed by atoms with Crippen molar-refractivity contribution in [2.24, 2.45) is 0 Å². The molecule has 1 aromatic carbocycles. The predicted octanol–water partition coefficient (Wildman–Crippen LogP) is 3.22. The van der Waals surface area contributed by atoms with Crippen LogP contribution >= 0.6 is 11.6 Å². The van der Waals surface area contributed by atoms with Crippen molar-refractivity contribution >= 4 is 17.7 Å². The van der Waals surface area contributed by atoms with E-state index in [0.29, 0.717) is 0 Å². The van der Waals surface area contributed by atoms with Gasteiger partial charge >= 0.3 is 0 Å². The van der Waals surface area contributed by atoms with Crippen LogP contribution in [0.4, 0.5) is 8.78 Å². The van der Waals surface area contributed by atoms with E-state index >= 15 is 0 Å². The fraction of sp³-hybridized carbons (Fsp3) is 0.111. The van der Waals surface area contributed by atoms with Crippen LogP contribution in [0.1, 0.15) is 5.56 Å². The topological polar surface area (TPSA) is 0 Å². The average molecular weight is 189 g/mol. The van der Waals surface area contributed by atoms with Gasteiger partial charge in [-0.25, -0.2) is 8.78 Å². The second-order valence-electron chi connectivity index (χ2n) is 2.20. The molecule has 3 heteroatoms. The molecule has 0 unspecified atom stereocenters. The summed E-state index contributed by atoms with van der Waals surface area (Å²) in [6, 6.07) is 4.02. The van der Waals surface area contributed by atoms with E-state index < -0.39 is 11.6 Å². The summed E-state index contributed by atoms with van der Waals surface area (Å²) in [5.74, 6) is -1.39. The third kappa shape index (κ3) is 2.05. The van der Waals surface area contributed by atoms with Crippen molar-refractivity contribution < 1.29 is 8.78 Å². The maximum atomic E-state index is 12.9. The van der Waals surface area contributed by atoms with Gasteiger partial charge in [-0.2, -0.15) is 0 Å². The molecule has 0 amide bonds. The molecule has 0 aliphatic rings. The lowest BCUT2D eigenvalue weighted by Gasteiger charge is -1.96. The van der Waals surface area contributed by atoms with Gasteiger partial charge < -0.3 is 0 Å². The highest BCUT2D eigenvalue weighted by atomic mass is 35.5. The number of rotatable bonds is 2. The van der Waals surface area contributed by atoms with Crippen molar-refractivity contribution in [2.45, 2.75) is 0 Å². The van der Waals surface area contributed by atoms with Gasteiger partial charge in [0.1, 0.15) is 0 Å². The Morgan fingerprint density at radius 2 is 2.08 bits per heavy atom. The number of allylic oxidation sites excluding steroid dienone is 1. The minimum absolute atomic E-state index is 0.218. The first-order chi connectivity index (χ1) is 5.75. The van der Waals surface area contributed by atoms with E-state index in [1.165, 1.54) is 18.2 Å². The molecular weight excluding hydrogens is 182 g/mol. The Hall–Kier alpha value is -0.890. The average Bonchev–Trinajstić information content (AvgIpc) is 2.08. The quantitative estimate of drug-likeness (QED) is 0.626. The van der Waals surface area contributed by atoms with Gasteiger partial charge in [-0.15, -0.1) is 11.6 Å². The molecule has 0 heterocycles. The number of hydrogen-bond acceptors (Lipinski definition) is 0. The number of halogens is 3. The molecule has 1 aromatic rings. The Morgan fingerprint density at radius 3 is 2.75 bits per heavy atom. The summed E-state index contributed by atoms with van der Waals surface area (Å²) >= 11 is 5.34. The van der Waals surface area contributed by atoms with Gasteiger partial charge in [0.2, 0.25) is 0 Å². The van der Waals surface area contributed by atoms with Gasteiger partial charge in [-0.3, -0.25) is 0 Å². The second kappa shape index (κ2) is 4.21. The molecule has 0 saturated carbocycles. The van der Waals surface area contributed by atoms with Gasteiger partial charge in [-0.05, 0) is 6.07 Å². The Labute approximate surface area is 74.5 Å². The van der Waals surface area contributed by atoms with Gasteiger partial charge in [-0.1, -0.05) is 24.3 Å². The number of hydrogen-bond donors (Lipinski definition) is 0. The van der Waals surface area contributed by atoms with Gasteiger partial charge in [0.05, 0.1) is 0 Å². The first kappa shape index (κ1) is 9.20. The van der Waals surface area contributed by atoms with Crippen LogP contribution in [0.3, 0.4) is 0 Å². The lowest BCUT2D eigenvalue weighted by atomic mass is 10.2. The largest absolute Gasteiger partial charge is 0.204 e. The lowest BCUT2D eigenvalue weighted by molar-refractivity contribution is 0.507. The molecule has 0 radical (unpaired) electrons. The van der Waals surface area contributed by atoms with Crippen LogP contribution in [0.25, 0.3) is 6.08 Å². The van der Waals surface area contributed by atoms with Crippen LogP contribution in [0.2, 0.25) is 0 Å². The zero-order valence-corrected chi connectivity index (χ0v) is 6.98. The summed E-state index contributed by atoms with van der Waals surface area (Å²) < 4.78 is 25.4. The van der Waals surface area contributed by atoms with Gasteiger partial charge in [0.25, 0.3) is 0 Å². The molecule has 0 aliphatic carbocycles. The summed E-state index contributed by atoms with van der Waals surface area (Å²) in [6.07, 6.45) is 3.00. The third-order valence-corrected chi connectivity index (χ3v) is 1.55. The molecule has 0 aliphatic heterocycles. The molecule has 64 valence electrons. The first-order valence-electron chi connectivity index (χ1n) is 3.42. The van der Waals surface area contributed by atoms with Crippen molar-refractivity contribution in [2.75, 3.05) is 5.88 Å². The smallest absolute Gasteiger partial charge is 0.166 e. The molecule has 12 heavy (non-hydrogen) atoms. The number of alkyl halides is 1. The summed E-state index contributed by atoms with van der Waals surface area (Å²) in [7, 11) is 0. The third-order valence-electron chi connectivity index (χ3n) is 1.37. The molecule has 0 fully saturated rings. The molecule has 1 rings (SSSR count). The van der Waals surface area contributed by atoms with Crippen LogP contribution < -0.4 is 0 Å². The maximum Gasteiger partial charge on any atom is 0.166 e. The molecule has 0 nitrogen and oxygen atoms in total. The minimum atomic E-state index is -0.841. The zero-order chi connectivity index (χ0) is 8.97. The lowest BCUT2D eigenvalue weighted by Crippen LogP contribution is -1.86. The van der Waals surface area contributed by atoms with Crippen LogP contribution in [0, 0.1) is 11.6 Å². The normalized spacial score (nSPS) is 10.9. The summed E-state index contributed by atoms with van der Waals surface area (Å²) in [5, 5.41) is 0. The van der Waals surface area contributed by atoms with Crippen molar-refractivity contribution in [3.05, 3.63) is 41.5 Å². The minimum Gasteiger partial charge on any atom is -0.204 e. The highest BCUT2D eigenvalue weighted by Crippen LogP contribution is 2.12. The van der Waals surface area contributed by atoms with Crippen LogP contribution in [-0.2, 0) is 0 Å². The second-order valence-corrected chi connectivity index (χ2v) is 2.51. The molecule has 0 bridgehead atoms. The van der Waals surface area contributed by atoms with Crippen LogP contribution in [0.5, 0.6) is 0 Å². The SMILES string of the molecule is Fc1cccc(C=CCCl)c1F. The van der Waals surface area contributed by atoms with E-state index in [-0.39, 0.29) is 11.4 Å². The highest BCUT2D eigenvalue weighted by molar-refractivity contribution is 6.19. The zero-order valence-electron chi connectivity index (χ0n) is 6.23. The molecule has 0 spiro atoms. The van der Waals surface area contributed by atoms with Crippen molar-refractivity contribution in [1.82, 2.24) is 0 Å². The molecule has 0 aromatic heterocycles. The van der Waals surface area contributed by atoms with Gasteiger partial charge in [0, 0.05) is 11.4 Å². The van der Waals surface area contributed by atoms with E-state index in [9.17, 15) is 8.78 Å². The van der Waals surface area contributed by atoms with Crippen molar-refractivity contribution in [3.63, 3.8) is 0 Å². The summed E-state index contributed by atoms with van der Waals surface area (Å²) in [4.78, 5) is 0. The fourth-order valence-corrected chi connectivity index (χ4v) is 0.910. The Balaban J connectivity index is 3.00. The summed E-state index contributed by atoms with van der Waals surface area (Å²) in [5.41, 5.74) is 0.218. The Bertz CT molecular complexity index is 295. The van der Waals surface area contributed by atoms with E-state index in [1.807, 2.05) is 0 Å². The van der Waals surface area contributed by atoms with Gasteiger partial charge in [0.15, 0.2) is 11.6 Å². The molecular formula is C9H7ClF2. The summed E-state index contributed by atoms with van der Waals surface area (Å²) in [6.45, 7) is 0. The first-order valence-corrected chi connectivity index (χ1v) is 3.95. The van der Waals surface area contributed by atoms with E-state index in [1.54, 1.807) is 6.08 Å². The van der Waals surface area contributed by atoms with E-state index in [4.69, 9.17) is 11.6 Å². The van der Waals surface area contributed by atoms with Crippen LogP contribution in [-0.4, -0.2) is 5.88 Å². The molecule has 0 atom stereocenters. The Morgan fingerprint density at radius 1 is 1.33 bits per heavy atom. The Kier molecular flexibility index (Phi) is 3.23. The highest BCUT2D eigenvalue weighted by Gasteiger charge is 2.03. The van der Waals surface area contributed by atoms with Crippen LogP contribution in [0.15, 0.2) is 24.3 Å². The molecule has 0 N–H and O–H groups in total. The van der Waals surface area contributed by atoms with E-state index in [2.05, 4.69) is 0 Å². The predicted molar refractivity (Wildman–Crippen MR) is 46.1 cm³/mol.